The summed E-state index contributed by atoms with van der Waals surface area (Å²) in [5.74, 6) is 0.296. The molecule has 168 valence electrons. The van der Waals surface area contributed by atoms with Crippen LogP contribution < -0.4 is 10.1 Å². The second-order valence-corrected chi connectivity index (χ2v) is 10.4. The standard InChI is InChI=1S/C22H35N3O4S/c1-24(18-10-6-5-7-11-18)17-22(26)23-20-16-19(12-13-21(20)29-2)30(27,28)25-14-8-3-4-9-15-25/h12-13,16,18H,3-11,14-15,17H2,1-2H3,(H,23,26). The van der Waals surface area contributed by atoms with Crippen molar-refractivity contribution < 1.29 is 17.9 Å². The molecule has 1 aliphatic carbocycles. The number of rotatable bonds is 7. The predicted octanol–water partition coefficient (Wildman–Crippen LogP) is 3.46. The number of ether oxygens (including phenoxy) is 1. The minimum atomic E-state index is -3.59. The summed E-state index contributed by atoms with van der Waals surface area (Å²) < 4.78 is 33.2. The lowest BCUT2D eigenvalue weighted by Gasteiger charge is -2.30. The molecule has 1 heterocycles. The molecule has 1 N–H and O–H groups in total. The average Bonchev–Trinajstić information content (AvgIpc) is 3.04. The molecule has 3 rings (SSSR count). The lowest BCUT2D eigenvalue weighted by molar-refractivity contribution is -0.117. The minimum Gasteiger partial charge on any atom is -0.495 e. The van der Waals surface area contributed by atoms with Crippen molar-refractivity contribution in [1.82, 2.24) is 9.21 Å². The van der Waals surface area contributed by atoms with Gasteiger partial charge in [0.2, 0.25) is 15.9 Å². The number of nitrogens with zero attached hydrogens (tertiary/aromatic N) is 2. The highest BCUT2D eigenvalue weighted by Gasteiger charge is 2.26. The van der Waals surface area contributed by atoms with Gasteiger partial charge in [-0.1, -0.05) is 32.1 Å². The molecule has 1 saturated carbocycles. The number of hydrogen-bond donors (Lipinski definition) is 1. The van der Waals surface area contributed by atoms with Gasteiger partial charge in [0.05, 0.1) is 24.2 Å². The second kappa shape index (κ2) is 10.6. The molecule has 1 saturated heterocycles. The van der Waals surface area contributed by atoms with E-state index in [0.29, 0.717) is 30.6 Å². The van der Waals surface area contributed by atoms with Crippen LogP contribution in [0.5, 0.6) is 5.75 Å². The minimum absolute atomic E-state index is 0.161. The van der Waals surface area contributed by atoms with Gasteiger partial charge in [0, 0.05) is 19.1 Å². The van der Waals surface area contributed by atoms with E-state index >= 15 is 0 Å². The maximum Gasteiger partial charge on any atom is 0.243 e. The Kier molecular flexibility index (Phi) is 8.13. The van der Waals surface area contributed by atoms with Crippen molar-refractivity contribution in [1.29, 1.82) is 0 Å². The van der Waals surface area contributed by atoms with E-state index in [1.54, 1.807) is 16.4 Å². The molecule has 0 spiro atoms. The zero-order chi connectivity index (χ0) is 21.6. The summed E-state index contributed by atoms with van der Waals surface area (Å²) >= 11 is 0. The molecule has 1 amide bonds. The monoisotopic (exact) mass is 437 g/mol. The van der Waals surface area contributed by atoms with E-state index in [2.05, 4.69) is 10.2 Å². The number of sulfonamides is 1. The van der Waals surface area contributed by atoms with Crippen molar-refractivity contribution in [2.24, 2.45) is 0 Å². The molecular weight excluding hydrogens is 402 g/mol. The smallest absolute Gasteiger partial charge is 0.243 e. The summed E-state index contributed by atoms with van der Waals surface area (Å²) in [5.41, 5.74) is 0.399. The summed E-state index contributed by atoms with van der Waals surface area (Å²) in [6, 6.07) is 5.13. The first kappa shape index (κ1) is 23.0. The van der Waals surface area contributed by atoms with Crippen molar-refractivity contribution >= 4 is 21.6 Å². The van der Waals surface area contributed by atoms with Gasteiger partial charge in [0.25, 0.3) is 0 Å². The third kappa shape index (κ3) is 5.74. The van der Waals surface area contributed by atoms with Crippen LogP contribution in [-0.2, 0) is 14.8 Å². The van der Waals surface area contributed by atoms with Gasteiger partial charge < -0.3 is 10.1 Å². The van der Waals surface area contributed by atoms with Crippen LogP contribution in [0.4, 0.5) is 5.69 Å². The summed E-state index contributed by atoms with van der Waals surface area (Å²) in [5, 5.41) is 2.87. The average molecular weight is 438 g/mol. The van der Waals surface area contributed by atoms with Crippen LogP contribution in [0, 0.1) is 0 Å². The summed E-state index contributed by atoms with van der Waals surface area (Å²) in [6.07, 6.45) is 9.81. The van der Waals surface area contributed by atoms with Crippen molar-refractivity contribution in [3.8, 4) is 5.75 Å². The lowest BCUT2D eigenvalue weighted by Crippen LogP contribution is -2.39. The van der Waals surface area contributed by atoms with E-state index in [0.717, 1.165) is 38.5 Å². The van der Waals surface area contributed by atoms with Crippen molar-refractivity contribution in [2.75, 3.05) is 39.1 Å². The van der Waals surface area contributed by atoms with Crippen molar-refractivity contribution in [3.05, 3.63) is 18.2 Å². The molecule has 0 bridgehead atoms. The summed E-state index contributed by atoms with van der Waals surface area (Å²) in [4.78, 5) is 15.0. The molecule has 1 aromatic carbocycles. The SMILES string of the molecule is COc1ccc(S(=O)(=O)N2CCCCCC2)cc1NC(=O)CN(C)C1CCCCC1. The molecule has 7 nitrogen and oxygen atoms in total. The van der Waals surface area contributed by atoms with Crippen LogP contribution in [0.2, 0.25) is 0 Å². The Labute approximate surface area is 180 Å². The Morgan fingerprint density at radius 2 is 1.73 bits per heavy atom. The molecule has 0 atom stereocenters. The number of likely N-dealkylation sites (N-methyl/N-ethyl adjacent to an activating group) is 1. The zero-order valence-electron chi connectivity index (χ0n) is 18.2. The molecule has 0 unspecified atom stereocenters. The Bertz CT molecular complexity index is 814. The van der Waals surface area contributed by atoms with Gasteiger partial charge in [0.15, 0.2) is 0 Å². The Morgan fingerprint density at radius 1 is 1.10 bits per heavy atom. The normalized spacial score (nSPS) is 19.4. The van der Waals surface area contributed by atoms with Crippen molar-refractivity contribution in [2.45, 2.75) is 68.7 Å². The maximum absolute atomic E-state index is 13.1. The fourth-order valence-corrected chi connectivity index (χ4v) is 5.99. The van der Waals surface area contributed by atoms with E-state index in [4.69, 9.17) is 4.74 Å². The fraction of sp³-hybridized carbons (Fsp3) is 0.682. The van der Waals surface area contributed by atoms with E-state index in [9.17, 15) is 13.2 Å². The number of carbonyl (C=O) groups is 1. The number of hydrogen-bond acceptors (Lipinski definition) is 5. The Balaban J connectivity index is 1.73. The maximum atomic E-state index is 13.1. The molecule has 2 aliphatic rings. The van der Waals surface area contributed by atoms with Crippen molar-refractivity contribution in [3.63, 3.8) is 0 Å². The first-order valence-electron chi connectivity index (χ1n) is 11.1. The molecule has 8 heteroatoms. The van der Waals surface area contributed by atoms with Gasteiger partial charge in [-0.3, -0.25) is 9.69 Å². The van der Waals surface area contributed by atoms with Gasteiger partial charge in [0.1, 0.15) is 5.75 Å². The van der Waals surface area contributed by atoms with Crippen LogP contribution >= 0.6 is 0 Å². The molecule has 30 heavy (non-hydrogen) atoms. The number of anilines is 1. The molecule has 0 radical (unpaired) electrons. The van der Waals surface area contributed by atoms with Crippen LogP contribution in [0.3, 0.4) is 0 Å². The molecular formula is C22H35N3O4S. The summed E-state index contributed by atoms with van der Waals surface area (Å²) in [7, 11) is -0.0976. The fourth-order valence-electron chi connectivity index (χ4n) is 4.44. The number of benzene rings is 1. The van der Waals surface area contributed by atoms with Crippen LogP contribution in [0.15, 0.2) is 23.1 Å². The topological polar surface area (TPSA) is 79.0 Å². The Hall–Kier alpha value is -1.64. The van der Waals surface area contributed by atoms with E-state index in [-0.39, 0.29) is 17.3 Å². The summed E-state index contributed by atoms with van der Waals surface area (Å²) in [6.45, 7) is 1.36. The van der Waals surface area contributed by atoms with Crippen LogP contribution in [0.1, 0.15) is 57.8 Å². The molecule has 0 aromatic heterocycles. The number of carbonyl (C=O) groups excluding carboxylic acids is 1. The number of nitrogens with one attached hydrogen (secondary N) is 1. The highest BCUT2D eigenvalue weighted by Crippen LogP contribution is 2.30. The third-order valence-corrected chi connectivity index (χ3v) is 8.13. The van der Waals surface area contributed by atoms with E-state index < -0.39 is 10.0 Å². The quantitative estimate of drug-likeness (QED) is 0.707. The molecule has 1 aliphatic heterocycles. The predicted molar refractivity (Wildman–Crippen MR) is 118 cm³/mol. The van der Waals surface area contributed by atoms with E-state index in [1.165, 1.54) is 32.4 Å². The van der Waals surface area contributed by atoms with Gasteiger partial charge in [-0.2, -0.15) is 4.31 Å². The second-order valence-electron chi connectivity index (χ2n) is 8.44. The molecule has 1 aromatic rings. The molecule has 2 fully saturated rings. The lowest BCUT2D eigenvalue weighted by atomic mass is 9.94. The number of amides is 1. The largest absolute Gasteiger partial charge is 0.495 e. The Morgan fingerprint density at radius 3 is 2.37 bits per heavy atom. The van der Waals surface area contributed by atoms with Gasteiger partial charge in [-0.25, -0.2) is 8.42 Å². The highest BCUT2D eigenvalue weighted by molar-refractivity contribution is 7.89. The van der Waals surface area contributed by atoms with Gasteiger partial charge in [-0.15, -0.1) is 0 Å². The van der Waals surface area contributed by atoms with E-state index in [1.807, 2.05) is 7.05 Å². The first-order chi connectivity index (χ1) is 14.4. The van der Waals surface area contributed by atoms with Gasteiger partial charge in [-0.05, 0) is 50.9 Å². The zero-order valence-corrected chi connectivity index (χ0v) is 19.0. The highest BCUT2D eigenvalue weighted by atomic mass is 32.2. The third-order valence-electron chi connectivity index (χ3n) is 6.24. The first-order valence-corrected chi connectivity index (χ1v) is 12.5. The van der Waals surface area contributed by atoms with Gasteiger partial charge >= 0.3 is 0 Å². The van der Waals surface area contributed by atoms with Crippen LogP contribution in [0.25, 0.3) is 0 Å². The van der Waals surface area contributed by atoms with Crippen LogP contribution in [-0.4, -0.2) is 63.4 Å². The number of methoxy groups -OCH3 is 1.